The zero-order valence-electron chi connectivity index (χ0n) is 13.5. The first kappa shape index (κ1) is 15.6. The van der Waals surface area contributed by atoms with Crippen LogP contribution in [0.5, 0.6) is 0 Å². The lowest BCUT2D eigenvalue weighted by atomic mass is 9.92. The Kier molecular flexibility index (Phi) is 5.52. The van der Waals surface area contributed by atoms with Gasteiger partial charge in [0.25, 0.3) is 0 Å². The van der Waals surface area contributed by atoms with Gasteiger partial charge in [-0.05, 0) is 43.5 Å². The molecule has 1 aliphatic carbocycles. The average molecular weight is 300 g/mol. The summed E-state index contributed by atoms with van der Waals surface area (Å²) in [6, 6.07) is 9.39. The topological polar surface area (TPSA) is 28.4 Å². The molecule has 1 unspecified atom stereocenters. The van der Waals surface area contributed by atoms with Crippen molar-refractivity contribution in [1.29, 1.82) is 0 Å². The van der Waals surface area contributed by atoms with Gasteiger partial charge >= 0.3 is 0 Å². The standard InChI is InChI=1S/C13H24N2.C6H4O/c1-2-6-13-11-14-9-10-15(13)12-7-4-3-5-8-12;1-2-6-4-3-5(1)7-6/h2,12-14H,1,3-11H2;1-4H. The molecule has 1 saturated heterocycles. The Balaban J connectivity index is 0.000000169. The molecule has 2 aromatic heterocycles. The van der Waals surface area contributed by atoms with Crippen molar-refractivity contribution in [3.63, 3.8) is 0 Å². The van der Waals surface area contributed by atoms with Gasteiger partial charge in [-0.2, -0.15) is 0 Å². The molecule has 3 nitrogen and oxygen atoms in total. The van der Waals surface area contributed by atoms with Crippen LogP contribution in [0.2, 0.25) is 0 Å². The lowest BCUT2D eigenvalue weighted by Gasteiger charge is -2.42. The highest BCUT2D eigenvalue weighted by atomic mass is 16.3. The molecule has 2 fully saturated rings. The van der Waals surface area contributed by atoms with Crippen molar-refractivity contribution >= 4 is 11.2 Å². The fraction of sp³-hybridized carbons (Fsp3) is 0.579. The second-order valence-electron chi connectivity index (χ2n) is 6.49. The molecule has 0 spiro atoms. The van der Waals surface area contributed by atoms with Gasteiger partial charge in [-0.3, -0.25) is 4.90 Å². The quantitative estimate of drug-likeness (QED) is 0.867. The molecule has 1 N–H and O–H groups in total. The normalized spacial score (nSPS) is 24.1. The van der Waals surface area contributed by atoms with E-state index in [9.17, 15) is 0 Å². The first-order valence-corrected chi connectivity index (χ1v) is 8.72. The van der Waals surface area contributed by atoms with E-state index >= 15 is 0 Å². The molecular formula is C19H28N2O. The highest BCUT2D eigenvalue weighted by molar-refractivity contribution is 5.59. The molecule has 3 heteroatoms. The monoisotopic (exact) mass is 300 g/mol. The van der Waals surface area contributed by atoms with Crippen LogP contribution in [0.25, 0.3) is 11.2 Å². The number of benzene rings is 1. The third kappa shape index (κ3) is 3.90. The van der Waals surface area contributed by atoms with Gasteiger partial charge in [-0.1, -0.05) is 25.3 Å². The number of nitrogens with one attached hydrogen (secondary N) is 1. The molecule has 1 saturated carbocycles. The number of hydrogen-bond acceptors (Lipinski definition) is 3. The van der Waals surface area contributed by atoms with E-state index in [1.165, 1.54) is 45.2 Å². The lowest BCUT2D eigenvalue weighted by Crippen LogP contribution is -2.55. The number of fused-ring (bicyclic) bond motifs is 2. The molecule has 2 aliphatic rings. The highest BCUT2D eigenvalue weighted by Gasteiger charge is 2.28. The fourth-order valence-electron chi connectivity index (χ4n) is 3.79. The van der Waals surface area contributed by atoms with Crippen LogP contribution in [0.1, 0.15) is 38.5 Å². The summed E-state index contributed by atoms with van der Waals surface area (Å²) in [7, 11) is 0. The van der Waals surface area contributed by atoms with Gasteiger partial charge in [0.1, 0.15) is 11.2 Å². The van der Waals surface area contributed by atoms with E-state index < -0.39 is 0 Å². The van der Waals surface area contributed by atoms with Crippen LogP contribution in [0.4, 0.5) is 0 Å². The minimum atomic E-state index is 0.708. The maximum Gasteiger partial charge on any atom is 0.127 e. The number of furan rings is 2. The van der Waals surface area contributed by atoms with Crippen LogP contribution in [0, 0.1) is 0 Å². The van der Waals surface area contributed by atoms with Gasteiger partial charge < -0.3 is 9.73 Å². The fourth-order valence-corrected chi connectivity index (χ4v) is 3.79. The molecule has 22 heavy (non-hydrogen) atoms. The van der Waals surface area contributed by atoms with Crippen molar-refractivity contribution in [2.45, 2.75) is 50.6 Å². The van der Waals surface area contributed by atoms with Crippen LogP contribution in [-0.4, -0.2) is 36.6 Å². The predicted octanol–water partition coefficient (Wildman–Crippen LogP) is 4.04. The van der Waals surface area contributed by atoms with Crippen LogP contribution in [0.15, 0.2) is 41.3 Å². The Hall–Kier alpha value is -1.32. The van der Waals surface area contributed by atoms with E-state index in [0.717, 1.165) is 30.2 Å². The van der Waals surface area contributed by atoms with E-state index in [1.807, 2.05) is 24.3 Å². The summed E-state index contributed by atoms with van der Waals surface area (Å²) in [4.78, 5) is 2.75. The molecular weight excluding hydrogens is 272 g/mol. The van der Waals surface area contributed by atoms with Crippen molar-refractivity contribution in [3.05, 3.63) is 36.9 Å². The predicted molar refractivity (Wildman–Crippen MR) is 92.5 cm³/mol. The van der Waals surface area contributed by atoms with Gasteiger partial charge in [0.05, 0.1) is 0 Å². The van der Waals surface area contributed by atoms with Crippen molar-refractivity contribution in [2.24, 2.45) is 0 Å². The van der Waals surface area contributed by atoms with Crippen molar-refractivity contribution in [1.82, 2.24) is 10.2 Å². The summed E-state index contributed by atoms with van der Waals surface area (Å²) in [5.41, 5.74) is 1.94. The van der Waals surface area contributed by atoms with Gasteiger partial charge in [0.2, 0.25) is 0 Å². The molecule has 3 heterocycles. The third-order valence-electron chi connectivity index (χ3n) is 4.94. The maximum absolute atomic E-state index is 5.08. The van der Waals surface area contributed by atoms with E-state index in [2.05, 4.69) is 22.9 Å². The van der Waals surface area contributed by atoms with Crippen LogP contribution in [-0.2, 0) is 0 Å². The van der Waals surface area contributed by atoms with Crippen LogP contribution in [0.3, 0.4) is 0 Å². The van der Waals surface area contributed by atoms with E-state index in [-0.39, 0.29) is 0 Å². The zero-order valence-corrected chi connectivity index (χ0v) is 13.5. The van der Waals surface area contributed by atoms with E-state index in [0.29, 0.717) is 6.04 Å². The van der Waals surface area contributed by atoms with Gasteiger partial charge in [-0.15, -0.1) is 6.58 Å². The SMILES string of the molecule is C=CCC1CNCCN1C1CCCCC1.c1cc2ccc1o2. The zero-order chi connectivity index (χ0) is 15.2. The Labute approximate surface area is 133 Å². The maximum atomic E-state index is 5.08. The van der Waals surface area contributed by atoms with Gasteiger partial charge in [-0.25, -0.2) is 0 Å². The number of nitrogens with zero attached hydrogens (tertiary/aromatic N) is 1. The highest BCUT2D eigenvalue weighted by Crippen LogP contribution is 2.25. The van der Waals surface area contributed by atoms with Crippen molar-refractivity contribution < 1.29 is 4.42 Å². The lowest BCUT2D eigenvalue weighted by molar-refractivity contribution is 0.0835. The van der Waals surface area contributed by atoms with Gasteiger partial charge in [0, 0.05) is 31.7 Å². The summed E-state index contributed by atoms with van der Waals surface area (Å²) in [5, 5.41) is 3.50. The Bertz CT molecular complexity index is 499. The van der Waals surface area contributed by atoms with Crippen molar-refractivity contribution in [3.8, 4) is 0 Å². The summed E-state index contributed by atoms with van der Waals surface area (Å²) in [6.45, 7) is 7.45. The molecule has 2 bridgehead atoms. The molecule has 1 atom stereocenters. The first-order chi connectivity index (χ1) is 10.9. The largest absolute Gasteiger partial charge is 0.457 e. The number of piperazine rings is 1. The summed E-state index contributed by atoms with van der Waals surface area (Å²) >= 11 is 0. The second kappa shape index (κ2) is 7.80. The second-order valence-corrected chi connectivity index (χ2v) is 6.49. The minimum Gasteiger partial charge on any atom is -0.457 e. The molecule has 2 aromatic rings. The van der Waals surface area contributed by atoms with Crippen LogP contribution >= 0.6 is 0 Å². The molecule has 4 rings (SSSR count). The van der Waals surface area contributed by atoms with E-state index in [4.69, 9.17) is 4.42 Å². The summed E-state index contributed by atoms with van der Waals surface area (Å²) in [6.07, 6.45) is 10.4. The smallest absolute Gasteiger partial charge is 0.127 e. The minimum absolute atomic E-state index is 0.708. The Morgan fingerprint density at radius 2 is 1.82 bits per heavy atom. The molecule has 0 amide bonds. The molecule has 0 aromatic carbocycles. The summed E-state index contributed by atoms with van der Waals surface area (Å²) < 4.78 is 5.08. The average Bonchev–Trinajstić information content (AvgIpc) is 3.23. The molecule has 0 radical (unpaired) electrons. The van der Waals surface area contributed by atoms with E-state index in [1.54, 1.807) is 0 Å². The van der Waals surface area contributed by atoms with Crippen LogP contribution < -0.4 is 5.32 Å². The first-order valence-electron chi connectivity index (χ1n) is 8.72. The molecule has 120 valence electrons. The van der Waals surface area contributed by atoms with Gasteiger partial charge in [0.15, 0.2) is 0 Å². The number of rotatable bonds is 3. The molecule has 1 aliphatic heterocycles. The number of hydrogen-bond donors (Lipinski definition) is 1. The van der Waals surface area contributed by atoms with Crippen molar-refractivity contribution in [2.75, 3.05) is 19.6 Å². The summed E-state index contributed by atoms with van der Waals surface area (Å²) in [5.74, 6) is 0. The third-order valence-corrected chi connectivity index (χ3v) is 4.94. The Morgan fingerprint density at radius 1 is 1.14 bits per heavy atom. The Morgan fingerprint density at radius 3 is 2.36 bits per heavy atom.